The second-order valence-electron chi connectivity index (χ2n) is 7.75. The van der Waals surface area contributed by atoms with E-state index in [1.807, 2.05) is 20.8 Å². The zero-order chi connectivity index (χ0) is 21.6. The molecule has 29 heavy (non-hydrogen) atoms. The van der Waals surface area contributed by atoms with Crippen molar-refractivity contribution in [2.75, 3.05) is 6.61 Å². The molecule has 0 aromatic heterocycles. The molecular weight excluding hydrogens is 395 g/mol. The lowest BCUT2D eigenvalue weighted by Gasteiger charge is -2.31. The van der Waals surface area contributed by atoms with Gasteiger partial charge in [-0.05, 0) is 45.9 Å². The molecule has 0 fully saturated rings. The average Bonchev–Trinajstić information content (AvgIpc) is 2.64. The zero-order valence-corrected chi connectivity index (χ0v) is 17.8. The lowest BCUT2D eigenvalue weighted by atomic mass is 10.1. The van der Waals surface area contributed by atoms with Gasteiger partial charge in [-0.3, -0.25) is 9.59 Å². The second kappa shape index (κ2) is 9.74. The van der Waals surface area contributed by atoms with Crippen LogP contribution in [0.1, 0.15) is 33.3 Å². The predicted molar refractivity (Wildman–Crippen MR) is 111 cm³/mol. The van der Waals surface area contributed by atoms with Crippen LogP contribution in [0.25, 0.3) is 0 Å². The maximum Gasteiger partial charge on any atom is 0.261 e. The molecule has 0 heterocycles. The van der Waals surface area contributed by atoms with E-state index in [9.17, 15) is 14.0 Å². The molecule has 2 rings (SSSR count). The first-order valence-corrected chi connectivity index (χ1v) is 9.68. The van der Waals surface area contributed by atoms with Crippen LogP contribution in [0, 0.1) is 5.82 Å². The highest BCUT2D eigenvalue weighted by molar-refractivity contribution is 6.32. The number of hydrogen-bond acceptors (Lipinski definition) is 3. The van der Waals surface area contributed by atoms with Gasteiger partial charge in [-0.1, -0.05) is 41.9 Å². The molecule has 2 aromatic rings. The number of carbonyl (C=O) groups excluding carboxylic acids is 2. The fraction of sp³-hybridized carbons (Fsp3) is 0.364. The number of nitrogens with one attached hydrogen (secondary N) is 1. The first-order chi connectivity index (χ1) is 13.6. The van der Waals surface area contributed by atoms with Gasteiger partial charge in [0.2, 0.25) is 5.91 Å². The summed E-state index contributed by atoms with van der Waals surface area (Å²) < 4.78 is 19.7. The number of nitrogens with zero attached hydrogens (tertiary/aromatic N) is 1. The van der Waals surface area contributed by atoms with Crippen molar-refractivity contribution < 1.29 is 18.7 Å². The van der Waals surface area contributed by atoms with Gasteiger partial charge in [0.15, 0.2) is 6.61 Å². The van der Waals surface area contributed by atoms with Gasteiger partial charge in [-0.25, -0.2) is 4.39 Å². The second-order valence-corrected chi connectivity index (χ2v) is 8.15. The highest BCUT2D eigenvalue weighted by Crippen LogP contribution is 2.23. The summed E-state index contributed by atoms with van der Waals surface area (Å²) in [5.74, 6) is -0.870. The van der Waals surface area contributed by atoms with Gasteiger partial charge < -0.3 is 15.0 Å². The maximum absolute atomic E-state index is 14.2. The number of carbonyl (C=O) groups is 2. The highest BCUT2D eigenvalue weighted by atomic mass is 35.5. The van der Waals surface area contributed by atoms with Gasteiger partial charge in [0, 0.05) is 17.6 Å². The Morgan fingerprint density at radius 2 is 1.76 bits per heavy atom. The zero-order valence-electron chi connectivity index (χ0n) is 17.0. The van der Waals surface area contributed by atoms with Crippen LogP contribution in [0.2, 0.25) is 5.02 Å². The molecule has 0 aliphatic heterocycles. The smallest absolute Gasteiger partial charge is 0.261 e. The summed E-state index contributed by atoms with van der Waals surface area (Å²) in [4.78, 5) is 26.9. The fourth-order valence-corrected chi connectivity index (χ4v) is 2.84. The summed E-state index contributed by atoms with van der Waals surface area (Å²) in [5, 5.41) is 3.22. The van der Waals surface area contributed by atoms with Crippen molar-refractivity contribution in [1.82, 2.24) is 10.2 Å². The van der Waals surface area contributed by atoms with Gasteiger partial charge in [-0.15, -0.1) is 0 Å². The van der Waals surface area contributed by atoms with Crippen molar-refractivity contribution in [2.45, 2.75) is 45.8 Å². The Bertz CT molecular complexity index is 867. The molecule has 0 bridgehead atoms. The lowest BCUT2D eigenvalue weighted by Crippen LogP contribution is -2.53. The van der Waals surface area contributed by atoms with Crippen LogP contribution in [0.15, 0.2) is 48.5 Å². The van der Waals surface area contributed by atoms with Gasteiger partial charge in [0.05, 0.1) is 5.02 Å². The van der Waals surface area contributed by atoms with Gasteiger partial charge in [-0.2, -0.15) is 0 Å². The molecule has 0 radical (unpaired) electrons. The van der Waals surface area contributed by atoms with E-state index in [1.54, 1.807) is 49.4 Å². The Hall–Kier alpha value is -2.60. The molecule has 0 saturated heterocycles. The van der Waals surface area contributed by atoms with Crippen LogP contribution in [0.3, 0.4) is 0 Å². The highest BCUT2D eigenvalue weighted by Gasteiger charge is 2.29. The summed E-state index contributed by atoms with van der Waals surface area (Å²) in [6.07, 6.45) is 0. The fourth-order valence-electron chi connectivity index (χ4n) is 2.65. The van der Waals surface area contributed by atoms with Gasteiger partial charge in [0.1, 0.15) is 17.6 Å². The van der Waals surface area contributed by atoms with E-state index in [1.165, 1.54) is 11.0 Å². The monoisotopic (exact) mass is 420 g/mol. The Labute approximate surface area is 175 Å². The topological polar surface area (TPSA) is 58.6 Å². The summed E-state index contributed by atoms with van der Waals surface area (Å²) in [6.45, 7) is 6.76. The van der Waals surface area contributed by atoms with Crippen LogP contribution < -0.4 is 10.1 Å². The van der Waals surface area contributed by atoms with E-state index in [4.69, 9.17) is 16.3 Å². The number of amides is 2. The largest absolute Gasteiger partial charge is 0.482 e. The Morgan fingerprint density at radius 1 is 1.14 bits per heavy atom. The van der Waals surface area contributed by atoms with E-state index in [0.29, 0.717) is 16.3 Å². The Kier molecular flexibility index (Phi) is 7.62. The van der Waals surface area contributed by atoms with Crippen LogP contribution >= 0.6 is 11.6 Å². The normalized spacial score (nSPS) is 12.2. The molecule has 156 valence electrons. The number of benzene rings is 2. The molecule has 0 aliphatic rings. The van der Waals surface area contributed by atoms with E-state index in [0.717, 1.165) is 0 Å². The minimum absolute atomic E-state index is 0.0594. The molecule has 1 N–H and O–H groups in total. The molecule has 5 nitrogen and oxygen atoms in total. The van der Waals surface area contributed by atoms with Crippen LogP contribution in [-0.4, -0.2) is 34.9 Å². The summed E-state index contributed by atoms with van der Waals surface area (Å²) in [7, 11) is 0. The first kappa shape index (κ1) is 22.7. The van der Waals surface area contributed by atoms with E-state index in [-0.39, 0.29) is 19.1 Å². The maximum atomic E-state index is 14.2. The molecule has 1 atom stereocenters. The summed E-state index contributed by atoms with van der Waals surface area (Å²) >= 11 is 6.06. The Morgan fingerprint density at radius 3 is 2.38 bits per heavy atom. The Balaban J connectivity index is 2.20. The molecule has 0 saturated carbocycles. The SMILES string of the molecule is CC(C(=O)NC(C)(C)C)N(Cc1ccccc1F)C(=O)COc1ccccc1Cl. The minimum Gasteiger partial charge on any atom is -0.482 e. The third-order valence-electron chi connectivity index (χ3n) is 4.15. The third kappa shape index (κ3) is 6.75. The molecule has 7 heteroatoms. The third-order valence-corrected chi connectivity index (χ3v) is 4.46. The van der Waals surface area contributed by atoms with E-state index < -0.39 is 23.3 Å². The number of halogens is 2. The minimum atomic E-state index is -0.823. The van der Waals surface area contributed by atoms with Gasteiger partial charge >= 0.3 is 0 Å². The van der Waals surface area contributed by atoms with Crippen molar-refractivity contribution in [1.29, 1.82) is 0 Å². The quantitative estimate of drug-likeness (QED) is 0.730. The molecule has 0 spiro atoms. The van der Waals surface area contributed by atoms with Crippen LogP contribution in [-0.2, 0) is 16.1 Å². The number of ether oxygens (including phenoxy) is 1. The molecule has 2 aromatic carbocycles. The van der Waals surface area contributed by atoms with E-state index >= 15 is 0 Å². The molecule has 0 aliphatic carbocycles. The average molecular weight is 421 g/mol. The standard InChI is InChI=1S/C22H26ClFN2O3/c1-15(21(28)25-22(2,3)4)26(13-16-9-5-7-11-18(16)24)20(27)14-29-19-12-8-6-10-17(19)23/h5-12,15H,13-14H2,1-4H3,(H,25,28). The molecular formula is C22H26ClFN2O3. The molecule has 1 unspecified atom stereocenters. The summed E-state index contributed by atoms with van der Waals surface area (Å²) in [6, 6.07) is 12.1. The van der Waals surface area contributed by atoms with Crippen molar-refractivity contribution in [3.05, 3.63) is 64.9 Å². The number of rotatable bonds is 7. The van der Waals surface area contributed by atoms with Crippen LogP contribution in [0.4, 0.5) is 4.39 Å². The predicted octanol–water partition coefficient (Wildman–Crippen LogP) is 4.19. The summed E-state index contributed by atoms with van der Waals surface area (Å²) in [5.41, 5.74) is -0.152. The van der Waals surface area contributed by atoms with Crippen molar-refractivity contribution >= 4 is 23.4 Å². The van der Waals surface area contributed by atoms with Crippen molar-refractivity contribution in [3.8, 4) is 5.75 Å². The first-order valence-electron chi connectivity index (χ1n) is 9.30. The van der Waals surface area contributed by atoms with Crippen molar-refractivity contribution in [2.24, 2.45) is 0 Å². The number of para-hydroxylation sites is 1. The van der Waals surface area contributed by atoms with Crippen molar-refractivity contribution in [3.63, 3.8) is 0 Å². The molecule has 2 amide bonds. The lowest BCUT2D eigenvalue weighted by molar-refractivity contribution is -0.142. The van der Waals surface area contributed by atoms with Gasteiger partial charge in [0.25, 0.3) is 5.91 Å². The van der Waals surface area contributed by atoms with E-state index in [2.05, 4.69) is 5.32 Å². The van der Waals surface area contributed by atoms with Crippen LogP contribution in [0.5, 0.6) is 5.75 Å². The number of hydrogen-bond donors (Lipinski definition) is 1.